The number of piperidine rings is 1. The van der Waals surface area contributed by atoms with Crippen LogP contribution in [-0.4, -0.2) is 45.0 Å². The second-order valence-electron chi connectivity index (χ2n) is 10.2. The molecule has 0 spiro atoms. The molecule has 2 N–H and O–H groups in total. The highest BCUT2D eigenvalue weighted by Gasteiger charge is 2.49. The number of hydrogen-bond acceptors (Lipinski definition) is 8. The topological polar surface area (TPSA) is 122 Å². The summed E-state index contributed by atoms with van der Waals surface area (Å²) in [6.07, 6.45) is 3.00. The summed E-state index contributed by atoms with van der Waals surface area (Å²) in [7, 11) is 0. The summed E-state index contributed by atoms with van der Waals surface area (Å²) >= 11 is 0. The zero-order valence-corrected chi connectivity index (χ0v) is 21.6. The Labute approximate surface area is 220 Å². The second-order valence-corrected chi connectivity index (χ2v) is 10.2. The van der Waals surface area contributed by atoms with Crippen LogP contribution in [0.5, 0.6) is 0 Å². The minimum Gasteiger partial charge on any atom is -0.441 e. The summed E-state index contributed by atoms with van der Waals surface area (Å²) in [5.74, 6) is 1.66. The van der Waals surface area contributed by atoms with Gasteiger partial charge in [-0.3, -0.25) is 5.32 Å². The fourth-order valence-corrected chi connectivity index (χ4v) is 5.42. The fourth-order valence-electron chi connectivity index (χ4n) is 5.42. The fraction of sp³-hybridized carbons (Fsp3) is 0.393. The highest BCUT2D eigenvalue weighted by atomic mass is 16.6. The van der Waals surface area contributed by atoms with Gasteiger partial charge in [0.15, 0.2) is 11.6 Å². The van der Waals surface area contributed by atoms with E-state index in [0.29, 0.717) is 11.4 Å². The molecule has 1 aliphatic heterocycles. The van der Waals surface area contributed by atoms with Crippen LogP contribution < -0.4 is 10.2 Å². The Bertz CT molecular complexity index is 1370. The summed E-state index contributed by atoms with van der Waals surface area (Å²) in [6, 6.07) is 18.4. The maximum atomic E-state index is 12.7. The van der Waals surface area contributed by atoms with E-state index in [1.165, 1.54) is 11.3 Å². The number of nitrogens with one attached hydrogen (secondary N) is 2. The van der Waals surface area contributed by atoms with Gasteiger partial charge in [-0.25, -0.2) is 4.79 Å². The van der Waals surface area contributed by atoms with Gasteiger partial charge in [0.05, 0.1) is 5.41 Å². The lowest BCUT2D eigenvalue weighted by Crippen LogP contribution is -2.33. The Kier molecular flexibility index (Phi) is 6.30. The number of benzene rings is 2. The Morgan fingerprint density at radius 3 is 2.53 bits per heavy atom. The molecule has 1 atom stereocenters. The number of carbonyl (C=O) groups is 1. The maximum Gasteiger partial charge on any atom is 0.412 e. The summed E-state index contributed by atoms with van der Waals surface area (Å²) in [6.45, 7) is 5.46. The Hall–Kier alpha value is -4.21. The van der Waals surface area contributed by atoms with Crippen LogP contribution in [0.3, 0.4) is 0 Å². The molecule has 2 fully saturated rings. The molecule has 10 heteroatoms. The van der Waals surface area contributed by atoms with Gasteiger partial charge < -0.3 is 14.2 Å². The van der Waals surface area contributed by atoms with E-state index in [4.69, 9.17) is 9.26 Å². The number of rotatable bonds is 7. The number of tetrazole rings is 1. The number of H-pyrrole nitrogens is 1. The number of carbonyl (C=O) groups excluding carboxylic acids is 1. The smallest absolute Gasteiger partial charge is 0.412 e. The second kappa shape index (κ2) is 9.92. The van der Waals surface area contributed by atoms with Crippen LogP contribution in [0.15, 0.2) is 59.1 Å². The summed E-state index contributed by atoms with van der Waals surface area (Å²) in [4.78, 5) is 15.1. The molecule has 1 aliphatic carbocycles. The van der Waals surface area contributed by atoms with E-state index in [0.717, 1.165) is 55.9 Å². The normalized spacial score (nSPS) is 17.7. The first kappa shape index (κ1) is 24.1. The molecule has 196 valence electrons. The molecule has 10 nitrogen and oxygen atoms in total. The van der Waals surface area contributed by atoms with E-state index in [2.05, 4.69) is 60.3 Å². The molecule has 6 rings (SSSR count). The van der Waals surface area contributed by atoms with Crippen LogP contribution >= 0.6 is 0 Å². The van der Waals surface area contributed by atoms with Crippen LogP contribution in [0, 0.1) is 6.92 Å². The predicted octanol–water partition coefficient (Wildman–Crippen LogP) is 5.27. The first-order chi connectivity index (χ1) is 18.5. The minimum atomic E-state index is -0.513. The first-order valence-corrected chi connectivity index (χ1v) is 13.1. The van der Waals surface area contributed by atoms with Crippen LogP contribution in [-0.2, 0) is 10.2 Å². The molecule has 0 unspecified atom stereocenters. The molecule has 4 aromatic rings. The van der Waals surface area contributed by atoms with Crippen molar-refractivity contribution < 1.29 is 14.1 Å². The van der Waals surface area contributed by atoms with Crippen molar-refractivity contribution in [3.05, 3.63) is 83.0 Å². The highest BCUT2D eigenvalue weighted by Crippen LogP contribution is 2.52. The molecule has 1 amide bonds. The third kappa shape index (κ3) is 4.62. The van der Waals surface area contributed by atoms with Gasteiger partial charge in [-0.05, 0) is 62.8 Å². The van der Waals surface area contributed by atoms with Crippen LogP contribution in [0.2, 0.25) is 0 Å². The van der Waals surface area contributed by atoms with Gasteiger partial charge in [-0.15, -0.1) is 10.2 Å². The number of aryl methyl sites for hydroxylation is 1. The molecule has 1 saturated carbocycles. The van der Waals surface area contributed by atoms with Crippen molar-refractivity contribution in [3.8, 4) is 0 Å². The summed E-state index contributed by atoms with van der Waals surface area (Å²) in [5, 5.41) is 21.8. The zero-order chi connectivity index (χ0) is 26.1. The van der Waals surface area contributed by atoms with E-state index in [9.17, 15) is 4.79 Å². The molecule has 3 heterocycles. The van der Waals surface area contributed by atoms with Gasteiger partial charge in [0.2, 0.25) is 0 Å². The van der Waals surface area contributed by atoms with E-state index in [1.54, 1.807) is 0 Å². The third-order valence-corrected chi connectivity index (χ3v) is 7.84. The molecule has 0 bridgehead atoms. The van der Waals surface area contributed by atoms with Crippen molar-refractivity contribution in [3.63, 3.8) is 0 Å². The largest absolute Gasteiger partial charge is 0.441 e. The number of anilines is 2. The minimum absolute atomic E-state index is 0.0912. The molecular weight excluding hydrogens is 482 g/mol. The van der Waals surface area contributed by atoms with Crippen LogP contribution in [0.4, 0.5) is 16.2 Å². The number of ether oxygens (including phenoxy) is 1. The quantitative estimate of drug-likeness (QED) is 0.343. The van der Waals surface area contributed by atoms with Gasteiger partial charge in [0.25, 0.3) is 0 Å². The molecule has 2 aromatic heterocycles. The van der Waals surface area contributed by atoms with Crippen molar-refractivity contribution >= 4 is 17.5 Å². The number of amides is 1. The van der Waals surface area contributed by atoms with Crippen molar-refractivity contribution in [2.24, 2.45) is 0 Å². The average Bonchev–Trinajstić information content (AvgIpc) is 3.40. The lowest BCUT2D eigenvalue weighted by molar-refractivity contribution is 0.121. The molecule has 2 aromatic carbocycles. The molecular formula is C28H31N7O3. The van der Waals surface area contributed by atoms with E-state index in [1.807, 2.05) is 44.2 Å². The van der Waals surface area contributed by atoms with Gasteiger partial charge in [-0.1, -0.05) is 52.8 Å². The molecule has 2 aliphatic rings. The molecule has 0 radical (unpaired) electrons. The van der Waals surface area contributed by atoms with Gasteiger partial charge in [0.1, 0.15) is 17.5 Å². The van der Waals surface area contributed by atoms with Gasteiger partial charge in [0, 0.05) is 24.7 Å². The van der Waals surface area contributed by atoms with Crippen LogP contribution in [0.1, 0.15) is 73.0 Å². The SMILES string of the molecule is Cc1noc(C2CCN(c3ccc(C4(c5nn[nH]n5)CC4)cc3)CC2)c1NC(=O)O[C@H](C)c1ccccc1. The van der Waals surface area contributed by atoms with E-state index >= 15 is 0 Å². The lowest BCUT2D eigenvalue weighted by atomic mass is 9.92. The Morgan fingerprint density at radius 2 is 1.87 bits per heavy atom. The summed E-state index contributed by atoms with van der Waals surface area (Å²) in [5.41, 5.74) is 4.55. The van der Waals surface area contributed by atoms with E-state index < -0.39 is 6.09 Å². The number of hydrogen-bond donors (Lipinski definition) is 2. The highest BCUT2D eigenvalue weighted by molar-refractivity contribution is 5.86. The standard InChI is InChI=1S/C28H31N7O3/c1-18-24(29-27(36)37-19(2)20-6-4-3-5-7-20)25(38-32-18)21-12-16-35(17-13-21)23-10-8-22(9-11-23)28(14-15-28)26-30-33-34-31-26/h3-11,19,21H,12-17H2,1-2H3,(H,29,36)(H,30,31,33,34)/t19-/m1/s1. The van der Waals surface area contributed by atoms with Crippen molar-refractivity contribution in [2.75, 3.05) is 23.3 Å². The van der Waals surface area contributed by atoms with Crippen molar-refractivity contribution in [2.45, 2.75) is 57.0 Å². The van der Waals surface area contributed by atoms with Gasteiger partial charge >= 0.3 is 6.09 Å². The van der Waals surface area contributed by atoms with Crippen molar-refractivity contribution in [1.82, 2.24) is 25.8 Å². The number of aromatic nitrogens is 5. The number of aromatic amines is 1. The molecule has 38 heavy (non-hydrogen) atoms. The Balaban J connectivity index is 1.07. The monoisotopic (exact) mass is 513 g/mol. The third-order valence-electron chi connectivity index (χ3n) is 7.84. The first-order valence-electron chi connectivity index (χ1n) is 13.1. The maximum absolute atomic E-state index is 12.7. The zero-order valence-electron chi connectivity index (χ0n) is 21.6. The average molecular weight is 514 g/mol. The number of nitrogens with zero attached hydrogens (tertiary/aromatic N) is 5. The summed E-state index contributed by atoms with van der Waals surface area (Å²) < 4.78 is 11.3. The molecule has 1 saturated heterocycles. The predicted molar refractivity (Wildman–Crippen MR) is 141 cm³/mol. The van der Waals surface area contributed by atoms with E-state index in [-0.39, 0.29) is 17.4 Å². The van der Waals surface area contributed by atoms with Crippen LogP contribution in [0.25, 0.3) is 0 Å². The lowest BCUT2D eigenvalue weighted by Gasteiger charge is -2.33. The van der Waals surface area contributed by atoms with Crippen molar-refractivity contribution in [1.29, 1.82) is 0 Å². The Morgan fingerprint density at radius 1 is 1.13 bits per heavy atom. The van der Waals surface area contributed by atoms with Gasteiger partial charge in [-0.2, -0.15) is 5.21 Å².